The van der Waals surface area contributed by atoms with Gasteiger partial charge in [0.15, 0.2) is 0 Å². The Morgan fingerprint density at radius 2 is 2.00 bits per heavy atom. The van der Waals surface area contributed by atoms with Crippen LogP contribution in [0.1, 0.15) is 19.3 Å². The minimum Gasteiger partial charge on any atom is -0.392 e. The molecule has 9 heavy (non-hydrogen) atoms. The Kier molecular flexibility index (Phi) is 8.34. The van der Waals surface area contributed by atoms with E-state index in [2.05, 4.69) is 15.9 Å². The van der Waals surface area contributed by atoms with E-state index in [-0.39, 0.29) is 6.61 Å². The molecule has 0 aliphatic carbocycles. The molecule has 0 fully saturated rings. The number of halogens is 1. The second kappa shape index (κ2) is 8.18. The Morgan fingerprint density at radius 1 is 1.22 bits per heavy atom. The van der Waals surface area contributed by atoms with E-state index >= 15 is 0 Å². The summed E-state index contributed by atoms with van der Waals surface area (Å²) in [5.41, 5.74) is 0. The summed E-state index contributed by atoms with van der Waals surface area (Å²) in [6, 6.07) is 0. The number of hydrogen-bond donors (Lipinski definition) is 1. The first-order valence-electron chi connectivity index (χ1n) is 3.23. The van der Waals surface area contributed by atoms with Gasteiger partial charge in [-0.2, -0.15) is 0 Å². The fourth-order valence-electron chi connectivity index (χ4n) is 0.549. The molecule has 1 nitrogen and oxygen atoms in total. The van der Waals surface area contributed by atoms with Gasteiger partial charge in [-0.3, -0.25) is 0 Å². The zero-order valence-corrected chi connectivity index (χ0v) is 7.10. The molecule has 0 aliphatic heterocycles. The van der Waals surface area contributed by atoms with E-state index in [0.29, 0.717) is 0 Å². The van der Waals surface area contributed by atoms with Gasteiger partial charge in [-0.15, -0.1) is 0 Å². The van der Waals surface area contributed by atoms with Crippen molar-refractivity contribution in [3.05, 3.63) is 12.2 Å². The monoisotopic (exact) mass is 192 g/mol. The lowest BCUT2D eigenvalue weighted by Gasteiger charge is -1.88. The van der Waals surface area contributed by atoms with Crippen LogP contribution in [0.2, 0.25) is 0 Å². The molecule has 0 heterocycles. The molecule has 0 atom stereocenters. The lowest BCUT2D eigenvalue weighted by Crippen LogP contribution is -1.75. The molecule has 0 unspecified atom stereocenters. The summed E-state index contributed by atoms with van der Waals surface area (Å²) in [4.78, 5) is 0. The standard InChI is InChI=1S/C7H13BrO/c8-6-4-2-1-3-5-7-9/h3,5,9H,1-2,4,6-7H2. The normalized spacial score (nSPS) is 10.9. The summed E-state index contributed by atoms with van der Waals surface area (Å²) in [6.07, 6.45) is 7.32. The highest BCUT2D eigenvalue weighted by atomic mass is 79.9. The lowest BCUT2D eigenvalue weighted by molar-refractivity contribution is 0.342. The molecule has 1 N–H and O–H groups in total. The van der Waals surface area contributed by atoms with Gasteiger partial charge in [-0.1, -0.05) is 28.1 Å². The van der Waals surface area contributed by atoms with Crippen LogP contribution in [-0.4, -0.2) is 17.0 Å². The topological polar surface area (TPSA) is 20.2 Å². The Labute approximate surface area is 64.9 Å². The van der Waals surface area contributed by atoms with E-state index in [1.54, 1.807) is 6.08 Å². The fourth-order valence-corrected chi connectivity index (χ4v) is 0.946. The van der Waals surface area contributed by atoms with Gasteiger partial charge in [0.1, 0.15) is 0 Å². The maximum absolute atomic E-state index is 8.33. The highest BCUT2D eigenvalue weighted by Gasteiger charge is 1.80. The van der Waals surface area contributed by atoms with Crippen molar-refractivity contribution >= 4 is 15.9 Å². The minimum atomic E-state index is 0.175. The molecule has 54 valence electrons. The summed E-state index contributed by atoms with van der Waals surface area (Å²) in [7, 11) is 0. The van der Waals surface area contributed by atoms with Crippen molar-refractivity contribution in [2.75, 3.05) is 11.9 Å². The minimum absolute atomic E-state index is 0.175. The van der Waals surface area contributed by atoms with Crippen LogP contribution in [0.5, 0.6) is 0 Å². The van der Waals surface area contributed by atoms with Crippen molar-refractivity contribution < 1.29 is 5.11 Å². The number of aliphatic hydroxyl groups is 1. The van der Waals surface area contributed by atoms with E-state index in [1.165, 1.54) is 12.8 Å². The third-order valence-electron chi connectivity index (χ3n) is 1.03. The van der Waals surface area contributed by atoms with Crippen LogP contribution in [0.25, 0.3) is 0 Å². The first-order chi connectivity index (χ1) is 4.41. The van der Waals surface area contributed by atoms with Gasteiger partial charge in [-0.25, -0.2) is 0 Å². The molecule has 2 heteroatoms. The molecule has 0 aromatic rings. The summed E-state index contributed by atoms with van der Waals surface area (Å²) in [5.74, 6) is 0. The average Bonchev–Trinajstić information content (AvgIpc) is 1.89. The summed E-state index contributed by atoms with van der Waals surface area (Å²) < 4.78 is 0. The van der Waals surface area contributed by atoms with E-state index in [4.69, 9.17) is 5.11 Å². The number of unbranched alkanes of at least 4 members (excludes halogenated alkanes) is 2. The summed E-state index contributed by atoms with van der Waals surface area (Å²) in [6.45, 7) is 0.175. The van der Waals surface area contributed by atoms with Gasteiger partial charge in [0.05, 0.1) is 6.61 Å². The molecule has 0 amide bonds. The first kappa shape index (κ1) is 9.18. The van der Waals surface area contributed by atoms with Crippen LogP contribution in [-0.2, 0) is 0 Å². The SMILES string of the molecule is OCC=CCCCCBr. The molecule has 0 rings (SSSR count). The van der Waals surface area contributed by atoms with Gasteiger partial charge in [0, 0.05) is 5.33 Å². The number of hydrogen-bond acceptors (Lipinski definition) is 1. The molecule has 0 saturated heterocycles. The van der Waals surface area contributed by atoms with E-state index in [0.717, 1.165) is 11.8 Å². The molecule has 0 bridgehead atoms. The Bertz CT molecular complexity index is 71.3. The number of rotatable bonds is 5. The number of aliphatic hydroxyl groups excluding tert-OH is 1. The van der Waals surface area contributed by atoms with Crippen molar-refractivity contribution in [2.24, 2.45) is 0 Å². The maximum atomic E-state index is 8.33. The molecule has 0 aliphatic rings. The van der Waals surface area contributed by atoms with Crippen LogP contribution < -0.4 is 0 Å². The highest BCUT2D eigenvalue weighted by molar-refractivity contribution is 9.09. The van der Waals surface area contributed by atoms with E-state index in [9.17, 15) is 0 Å². The molecular formula is C7H13BrO. The molecule has 0 aromatic carbocycles. The van der Waals surface area contributed by atoms with Gasteiger partial charge in [-0.05, 0) is 19.3 Å². The van der Waals surface area contributed by atoms with Gasteiger partial charge >= 0.3 is 0 Å². The zero-order valence-electron chi connectivity index (χ0n) is 5.52. The van der Waals surface area contributed by atoms with Crippen LogP contribution in [0, 0.1) is 0 Å². The van der Waals surface area contributed by atoms with Crippen LogP contribution in [0.15, 0.2) is 12.2 Å². The zero-order chi connectivity index (χ0) is 6.95. The lowest BCUT2D eigenvalue weighted by atomic mass is 10.2. The highest BCUT2D eigenvalue weighted by Crippen LogP contribution is 1.98. The smallest absolute Gasteiger partial charge is 0.0612 e. The van der Waals surface area contributed by atoms with Crippen molar-refractivity contribution in [1.29, 1.82) is 0 Å². The first-order valence-corrected chi connectivity index (χ1v) is 4.35. The summed E-state index contributed by atoms with van der Waals surface area (Å²) >= 11 is 3.35. The van der Waals surface area contributed by atoms with Gasteiger partial charge < -0.3 is 5.11 Å². The predicted octanol–water partition coefficient (Wildman–Crippen LogP) is 2.10. The molecule has 0 saturated carbocycles. The van der Waals surface area contributed by atoms with Crippen molar-refractivity contribution in [3.63, 3.8) is 0 Å². The van der Waals surface area contributed by atoms with E-state index in [1.807, 2.05) is 6.08 Å². The third-order valence-corrected chi connectivity index (χ3v) is 1.59. The summed E-state index contributed by atoms with van der Waals surface area (Å²) in [5, 5.41) is 9.41. The number of alkyl halides is 1. The molecule has 0 aromatic heterocycles. The van der Waals surface area contributed by atoms with Crippen molar-refractivity contribution in [3.8, 4) is 0 Å². The quantitative estimate of drug-likeness (QED) is 0.402. The predicted molar refractivity (Wildman–Crippen MR) is 43.9 cm³/mol. The molecule has 0 spiro atoms. The Hall–Kier alpha value is 0.180. The van der Waals surface area contributed by atoms with Crippen molar-refractivity contribution in [2.45, 2.75) is 19.3 Å². The van der Waals surface area contributed by atoms with Crippen LogP contribution >= 0.6 is 15.9 Å². The molecular weight excluding hydrogens is 180 g/mol. The van der Waals surface area contributed by atoms with Gasteiger partial charge in [0.25, 0.3) is 0 Å². The molecule has 0 radical (unpaired) electrons. The van der Waals surface area contributed by atoms with E-state index < -0.39 is 0 Å². The second-order valence-corrected chi connectivity index (χ2v) is 2.63. The maximum Gasteiger partial charge on any atom is 0.0612 e. The van der Waals surface area contributed by atoms with Gasteiger partial charge in [0.2, 0.25) is 0 Å². The van der Waals surface area contributed by atoms with Crippen molar-refractivity contribution in [1.82, 2.24) is 0 Å². The third kappa shape index (κ3) is 8.18. The Morgan fingerprint density at radius 3 is 2.56 bits per heavy atom. The Balaban J connectivity index is 2.82. The fraction of sp³-hybridized carbons (Fsp3) is 0.714. The van der Waals surface area contributed by atoms with Crippen LogP contribution in [0.3, 0.4) is 0 Å². The average molecular weight is 193 g/mol. The number of allylic oxidation sites excluding steroid dienone is 1. The largest absolute Gasteiger partial charge is 0.392 e. The second-order valence-electron chi connectivity index (χ2n) is 1.84. The van der Waals surface area contributed by atoms with Crippen LogP contribution in [0.4, 0.5) is 0 Å².